The average Bonchev–Trinajstić information content (AvgIpc) is 2.86. The minimum absolute atomic E-state index is 0.0165. The molecule has 0 saturated heterocycles. The van der Waals surface area contributed by atoms with Crippen molar-refractivity contribution in [3.05, 3.63) is 41.9 Å². The van der Waals surface area contributed by atoms with Crippen molar-refractivity contribution in [1.82, 2.24) is 10.1 Å². The molecule has 122 valence electrons. The summed E-state index contributed by atoms with van der Waals surface area (Å²) in [6.07, 6.45) is 0. The Morgan fingerprint density at radius 1 is 1.17 bits per heavy atom. The number of aromatic nitrogens is 1. The molecule has 0 atom stereocenters. The molecule has 2 amide bonds. The van der Waals surface area contributed by atoms with E-state index in [1.54, 1.807) is 24.9 Å². The minimum Gasteiger partial charge on any atom is -0.360 e. The number of benzene rings is 1. The van der Waals surface area contributed by atoms with Crippen LogP contribution in [0.1, 0.15) is 5.76 Å². The number of halogens is 1. The van der Waals surface area contributed by atoms with Gasteiger partial charge in [0, 0.05) is 11.8 Å². The third-order valence-electron chi connectivity index (χ3n) is 2.85. The summed E-state index contributed by atoms with van der Waals surface area (Å²) in [7, 11) is 1.64. The van der Waals surface area contributed by atoms with E-state index in [1.807, 2.05) is 0 Å². The summed E-state index contributed by atoms with van der Waals surface area (Å²) in [5.41, 5.74) is 0.493. The Morgan fingerprint density at radius 2 is 1.78 bits per heavy atom. The van der Waals surface area contributed by atoms with Gasteiger partial charge in [-0.2, -0.15) is 0 Å². The summed E-state index contributed by atoms with van der Waals surface area (Å²) in [6.45, 7) is 1.75. The molecule has 0 bridgehead atoms. The first-order chi connectivity index (χ1) is 10.9. The Labute approximate surface area is 132 Å². The van der Waals surface area contributed by atoms with Crippen LogP contribution < -0.4 is 10.6 Å². The Kier molecular flexibility index (Phi) is 5.42. The largest absolute Gasteiger partial charge is 0.360 e. The van der Waals surface area contributed by atoms with Crippen molar-refractivity contribution in [2.45, 2.75) is 6.92 Å². The van der Waals surface area contributed by atoms with E-state index in [1.165, 1.54) is 24.3 Å². The fourth-order valence-corrected chi connectivity index (χ4v) is 1.89. The van der Waals surface area contributed by atoms with Crippen LogP contribution >= 0.6 is 0 Å². The van der Waals surface area contributed by atoms with Crippen LogP contribution in [0.5, 0.6) is 0 Å². The topological polar surface area (TPSA) is 87.5 Å². The maximum atomic E-state index is 12.8. The zero-order valence-electron chi connectivity index (χ0n) is 12.8. The lowest BCUT2D eigenvalue weighted by Crippen LogP contribution is -2.36. The standard InChI is InChI=1S/C15H17FN4O3/c1-10-7-13(19-23-10)18-15(22)9-20(2)8-14(21)17-12-5-3-11(16)4-6-12/h3-7H,8-9H2,1-2H3,(H,17,21)(H,18,19,22). The number of aryl methyl sites for hydroxylation is 1. The summed E-state index contributed by atoms with van der Waals surface area (Å²) >= 11 is 0. The smallest absolute Gasteiger partial charge is 0.239 e. The SMILES string of the molecule is Cc1cc(NC(=O)CN(C)CC(=O)Nc2ccc(F)cc2)no1. The van der Waals surface area contributed by atoms with Gasteiger partial charge < -0.3 is 15.2 Å². The van der Waals surface area contributed by atoms with Gasteiger partial charge in [0.1, 0.15) is 11.6 Å². The van der Waals surface area contributed by atoms with Crippen molar-refractivity contribution in [2.24, 2.45) is 0 Å². The van der Waals surface area contributed by atoms with Gasteiger partial charge >= 0.3 is 0 Å². The van der Waals surface area contributed by atoms with Crippen LogP contribution in [0.4, 0.5) is 15.9 Å². The molecule has 0 radical (unpaired) electrons. The van der Waals surface area contributed by atoms with Crippen LogP contribution in [0.2, 0.25) is 0 Å². The Morgan fingerprint density at radius 3 is 2.35 bits per heavy atom. The first-order valence-corrected chi connectivity index (χ1v) is 6.89. The van der Waals surface area contributed by atoms with E-state index < -0.39 is 0 Å². The molecule has 1 aromatic carbocycles. The van der Waals surface area contributed by atoms with E-state index in [9.17, 15) is 14.0 Å². The fraction of sp³-hybridized carbons (Fsp3) is 0.267. The molecule has 2 rings (SSSR count). The molecule has 2 N–H and O–H groups in total. The minimum atomic E-state index is -0.375. The van der Waals surface area contributed by atoms with Gasteiger partial charge in [0.2, 0.25) is 11.8 Å². The van der Waals surface area contributed by atoms with Gasteiger partial charge in [0.05, 0.1) is 13.1 Å². The first kappa shape index (κ1) is 16.6. The normalized spacial score (nSPS) is 10.6. The van der Waals surface area contributed by atoms with E-state index in [4.69, 9.17) is 4.52 Å². The third-order valence-corrected chi connectivity index (χ3v) is 2.85. The summed E-state index contributed by atoms with van der Waals surface area (Å²) in [4.78, 5) is 25.2. The Bertz CT molecular complexity index is 684. The summed E-state index contributed by atoms with van der Waals surface area (Å²) in [6, 6.07) is 7.04. The van der Waals surface area contributed by atoms with Crippen LogP contribution in [-0.4, -0.2) is 42.0 Å². The molecule has 1 heterocycles. The van der Waals surface area contributed by atoms with Gasteiger partial charge in [-0.3, -0.25) is 14.5 Å². The predicted molar refractivity (Wildman–Crippen MR) is 82.4 cm³/mol. The number of nitrogens with zero attached hydrogens (tertiary/aromatic N) is 2. The number of carbonyl (C=O) groups excluding carboxylic acids is 2. The number of carbonyl (C=O) groups is 2. The lowest BCUT2D eigenvalue weighted by molar-refractivity contribution is -0.119. The van der Waals surface area contributed by atoms with Crippen LogP contribution in [0, 0.1) is 12.7 Å². The molecule has 0 spiro atoms. The van der Waals surface area contributed by atoms with Crippen molar-refractivity contribution in [1.29, 1.82) is 0 Å². The highest BCUT2D eigenvalue weighted by molar-refractivity contribution is 5.94. The van der Waals surface area contributed by atoms with Crippen LogP contribution in [0.25, 0.3) is 0 Å². The van der Waals surface area contributed by atoms with Crippen molar-refractivity contribution in [3.63, 3.8) is 0 Å². The van der Waals surface area contributed by atoms with Gasteiger partial charge in [-0.1, -0.05) is 5.16 Å². The van der Waals surface area contributed by atoms with E-state index in [0.717, 1.165) is 0 Å². The van der Waals surface area contributed by atoms with Crippen LogP contribution in [0.15, 0.2) is 34.9 Å². The van der Waals surface area contributed by atoms with Gasteiger partial charge in [-0.15, -0.1) is 0 Å². The van der Waals surface area contributed by atoms with E-state index >= 15 is 0 Å². The second-order valence-electron chi connectivity index (χ2n) is 5.10. The zero-order chi connectivity index (χ0) is 16.8. The molecule has 1 aromatic heterocycles. The van der Waals surface area contributed by atoms with Crippen molar-refractivity contribution in [3.8, 4) is 0 Å². The molecular formula is C15H17FN4O3. The molecule has 0 fully saturated rings. The average molecular weight is 320 g/mol. The number of hydrogen-bond donors (Lipinski definition) is 2. The predicted octanol–water partition coefficient (Wildman–Crippen LogP) is 1.63. The summed E-state index contributed by atoms with van der Waals surface area (Å²) < 4.78 is 17.6. The fourth-order valence-electron chi connectivity index (χ4n) is 1.89. The molecule has 7 nitrogen and oxygen atoms in total. The third kappa shape index (κ3) is 5.51. The number of hydrogen-bond acceptors (Lipinski definition) is 5. The second kappa shape index (κ2) is 7.50. The molecule has 8 heteroatoms. The highest BCUT2D eigenvalue weighted by Crippen LogP contribution is 2.08. The molecule has 0 aliphatic rings. The van der Waals surface area contributed by atoms with Gasteiger partial charge in [-0.25, -0.2) is 4.39 Å². The number of likely N-dealkylation sites (N-methyl/N-ethyl adjacent to an activating group) is 1. The molecule has 0 unspecified atom stereocenters. The van der Waals surface area contributed by atoms with Crippen LogP contribution in [-0.2, 0) is 9.59 Å². The molecule has 0 aliphatic carbocycles. The lowest BCUT2D eigenvalue weighted by atomic mass is 10.3. The van der Waals surface area contributed by atoms with Crippen molar-refractivity contribution >= 4 is 23.3 Å². The molecular weight excluding hydrogens is 303 g/mol. The highest BCUT2D eigenvalue weighted by Gasteiger charge is 2.12. The summed E-state index contributed by atoms with van der Waals surface area (Å²) in [5.74, 6) is -0.0663. The highest BCUT2D eigenvalue weighted by atomic mass is 19.1. The van der Waals surface area contributed by atoms with E-state index in [2.05, 4.69) is 15.8 Å². The molecule has 23 heavy (non-hydrogen) atoms. The second-order valence-corrected chi connectivity index (χ2v) is 5.10. The first-order valence-electron chi connectivity index (χ1n) is 6.89. The van der Waals surface area contributed by atoms with Crippen molar-refractivity contribution in [2.75, 3.05) is 30.8 Å². The maximum Gasteiger partial charge on any atom is 0.239 e. The number of amides is 2. The van der Waals surface area contributed by atoms with Crippen molar-refractivity contribution < 1.29 is 18.5 Å². The lowest BCUT2D eigenvalue weighted by Gasteiger charge is -2.15. The molecule has 0 saturated carbocycles. The number of anilines is 2. The molecule has 2 aromatic rings. The summed E-state index contributed by atoms with van der Waals surface area (Å²) in [5, 5.41) is 8.84. The Balaban J connectivity index is 1.77. The monoisotopic (exact) mass is 320 g/mol. The number of rotatable bonds is 6. The van der Waals surface area contributed by atoms with E-state index in [0.29, 0.717) is 17.3 Å². The quantitative estimate of drug-likeness (QED) is 0.845. The maximum absolute atomic E-state index is 12.8. The number of nitrogens with one attached hydrogen (secondary N) is 2. The Hall–Kier alpha value is -2.74. The van der Waals surface area contributed by atoms with Gasteiger partial charge in [0.15, 0.2) is 5.82 Å². The van der Waals surface area contributed by atoms with Gasteiger partial charge in [-0.05, 0) is 38.2 Å². The zero-order valence-corrected chi connectivity index (χ0v) is 12.8. The van der Waals surface area contributed by atoms with Crippen LogP contribution in [0.3, 0.4) is 0 Å². The molecule has 0 aliphatic heterocycles. The van der Waals surface area contributed by atoms with Gasteiger partial charge in [0.25, 0.3) is 0 Å². The van der Waals surface area contributed by atoms with E-state index in [-0.39, 0.29) is 30.7 Å².